The van der Waals surface area contributed by atoms with E-state index >= 15 is 0 Å². The molecule has 0 aromatic carbocycles. The molecule has 0 spiro atoms. The van der Waals surface area contributed by atoms with Gasteiger partial charge < -0.3 is 44.0 Å². The number of aliphatic hydroxyl groups excluding tert-OH is 1. The molecular weight excluding hydrogens is 386 g/mol. The maximum absolute atomic E-state index is 12.4. The number of amides is 5. The smallest absolute Gasteiger partial charge is 0.245 e. The minimum Gasteiger partial charge on any atom is -0.394 e. The van der Waals surface area contributed by atoms with Crippen molar-refractivity contribution in [2.75, 3.05) is 13.2 Å². The second-order valence-electron chi connectivity index (χ2n) is 6.50. The number of nitrogens with two attached hydrogens (primary N) is 4. The lowest BCUT2D eigenvalue weighted by molar-refractivity contribution is -0.135. The molecule has 0 saturated carbocycles. The molecule has 0 aliphatic heterocycles. The Morgan fingerprint density at radius 2 is 1.45 bits per heavy atom. The van der Waals surface area contributed by atoms with Crippen molar-refractivity contribution < 1.29 is 29.1 Å². The van der Waals surface area contributed by atoms with Crippen LogP contribution in [0.5, 0.6) is 0 Å². The zero-order valence-electron chi connectivity index (χ0n) is 16.3. The maximum Gasteiger partial charge on any atom is 0.245 e. The Kier molecular flexibility index (Phi) is 12.1. The Morgan fingerprint density at radius 1 is 0.897 bits per heavy atom. The molecule has 0 bridgehead atoms. The molecular formula is C16H31N7O6. The molecule has 0 saturated heterocycles. The first-order valence-corrected chi connectivity index (χ1v) is 9.08. The van der Waals surface area contributed by atoms with E-state index < -0.39 is 66.7 Å². The summed E-state index contributed by atoms with van der Waals surface area (Å²) in [4.78, 5) is 58.9. The van der Waals surface area contributed by atoms with Crippen LogP contribution in [0.3, 0.4) is 0 Å². The van der Waals surface area contributed by atoms with Crippen molar-refractivity contribution in [2.24, 2.45) is 22.9 Å². The van der Waals surface area contributed by atoms with Crippen molar-refractivity contribution in [3.63, 3.8) is 0 Å². The molecule has 29 heavy (non-hydrogen) atoms. The monoisotopic (exact) mass is 417 g/mol. The molecule has 0 aliphatic carbocycles. The van der Waals surface area contributed by atoms with Crippen LogP contribution < -0.4 is 38.9 Å². The SMILES string of the molecule is C[C@H](NC(=O)[C@H](CO)NC(=O)[C@H](CC(N)=O)NC(=O)[C@@H](N)CCCCN)C(N)=O. The first-order valence-electron chi connectivity index (χ1n) is 9.08. The Labute approximate surface area is 168 Å². The molecule has 12 N–H and O–H groups in total. The summed E-state index contributed by atoms with van der Waals surface area (Å²) in [5, 5.41) is 16.0. The number of carbonyl (C=O) groups excluding carboxylic acids is 5. The van der Waals surface area contributed by atoms with Gasteiger partial charge in [-0.2, -0.15) is 0 Å². The quantitative estimate of drug-likeness (QED) is 0.127. The maximum atomic E-state index is 12.4. The van der Waals surface area contributed by atoms with E-state index in [4.69, 9.17) is 22.9 Å². The first-order chi connectivity index (χ1) is 13.5. The van der Waals surface area contributed by atoms with Crippen molar-refractivity contribution in [1.29, 1.82) is 0 Å². The molecule has 4 atom stereocenters. The van der Waals surface area contributed by atoms with Gasteiger partial charge in [-0.1, -0.05) is 6.42 Å². The Balaban J connectivity index is 5.04. The molecule has 13 nitrogen and oxygen atoms in total. The predicted octanol–water partition coefficient (Wildman–Crippen LogP) is -4.73. The Morgan fingerprint density at radius 3 is 1.93 bits per heavy atom. The third-order valence-corrected chi connectivity index (χ3v) is 3.95. The van der Waals surface area contributed by atoms with Gasteiger partial charge in [0.1, 0.15) is 18.1 Å². The number of hydrogen-bond donors (Lipinski definition) is 8. The lowest BCUT2D eigenvalue weighted by Crippen LogP contribution is -2.58. The highest BCUT2D eigenvalue weighted by molar-refractivity contribution is 5.96. The van der Waals surface area contributed by atoms with Crippen LogP contribution in [0.25, 0.3) is 0 Å². The first kappa shape index (κ1) is 26.2. The van der Waals surface area contributed by atoms with E-state index in [2.05, 4.69) is 16.0 Å². The van der Waals surface area contributed by atoms with Gasteiger partial charge in [-0.15, -0.1) is 0 Å². The van der Waals surface area contributed by atoms with Crippen LogP contribution >= 0.6 is 0 Å². The molecule has 0 aromatic heterocycles. The molecule has 0 fully saturated rings. The average Bonchev–Trinajstić information content (AvgIpc) is 2.64. The van der Waals surface area contributed by atoms with Crippen molar-refractivity contribution in [3.05, 3.63) is 0 Å². The summed E-state index contributed by atoms with van der Waals surface area (Å²) in [5.41, 5.74) is 21.3. The fraction of sp³-hybridized carbons (Fsp3) is 0.688. The second-order valence-corrected chi connectivity index (χ2v) is 6.50. The van der Waals surface area contributed by atoms with E-state index in [1.165, 1.54) is 6.92 Å². The molecule has 0 unspecified atom stereocenters. The number of primary amides is 2. The highest BCUT2D eigenvalue weighted by atomic mass is 16.3. The standard InChI is InChI=1S/C16H31N7O6/c1-8(13(20)26)21-16(29)11(7-24)23-15(28)10(6-12(19)25)22-14(27)9(18)4-2-3-5-17/h8-11,24H,2-7,17-18H2,1H3,(H2,19,25)(H2,20,26)(H,21,29)(H,22,27)(H,23,28)/t8-,9-,10-,11-/m0/s1. The van der Waals surface area contributed by atoms with Gasteiger partial charge in [0, 0.05) is 0 Å². The van der Waals surface area contributed by atoms with E-state index in [1.807, 2.05) is 0 Å². The van der Waals surface area contributed by atoms with Gasteiger partial charge in [-0.05, 0) is 26.3 Å². The molecule has 0 aliphatic rings. The number of unbranched alkanes of at least 4 members (excludes halogenated alkanes) is 1. The number of hydrogen-bond acceptors (Lipinski definition) is 8. The van der Waals surface area contributed by atoms with E-state index in [1.54, 1.807) is 0 Å². The zero-order valence-corrected chi connectivity index (χ0v) is 16.3. The highest BCUT2D eigenvalue weighted by Crippen LogP contribution is 2.01. The van der Waals surface area contributed by atoms with Crippen LogP contribution in [0.1, 0.15) is 32.6 Å². The zero-order chi connectivity index (χ0) is 22.6. The predicted molar refractivity (Wildman–Crippen MR) is 102 cm³/mol. The summed E-state index contributed by atoms with van der Waals surface area (Å²) in [5.74, 6) is -4.20. The molecule has 0 rings (SSSR count). The average molecular weight is 417 g/mol. The lowest BCUT2D eigenvalue weighted by atomic mass is 10.1. The van der Waals surface area contributed by atoms with Gasteiger partial charge in [-0.25, -0.2) is 0 Å². The van der Waals surface area contributed by atoms with E-state index in [0.717, 1.165) is 0 Å². The number of nitrogens with one attached hydrogen (secondary N) is 3. The van der Waals surface area contributed by atoms with Crippen molar-refractivity contribution in [2.45, 2.75) is 56.8 Å². The van der Waals surface area contributed by atoms with Gasteiger partial charge >= 0.3 is 0 Å². The molecule has 166 valence electrons. The molecule has 0 aromatic rings. The molecule has 0 radical (unpaired) electrons. The van der Waals surface area contributed by atoms with Crippen LogP contribution in [0, 0.1) is 0 Å². The fourth-order valence-electron chi connectivity index (χ4n) is 2.18. The fourth-order valence-corrected chi connectivity index (χ4v) is 2.18. The van der Waals surface area contributed by atoms with E-state index in [0.29, 0.717) is 25.8 Å². The van der Waals surface area contributed by atoms with Gasteiger partial charge in [-0.3, -0.25) is 24.0 Å². The summed E-state index contributed by atoms with van der Waals surface area (Å²) in [6, 6.07) is -4.83. The minimum absolute atomic E-state index is 0.320. The molecule has 13 heteroatoms. The largest absolute Gasteiger partial charge is 0.394 e. The Bertz CT molecular complexity index is 600. The topological polar surface area (TPSA) is 246 Å². The molecule has 5 amide bonds. The van der Waals surface area contributed by atoms with Gasteiger partial charge in [0.25, 0.3) is 0 Å². The number of rotatable bonds is 14. The Hall–Kier alpha value is -2.77. The van der Waals surface area contributed by atoms with Crippen LogP contribution in [-0.2, 0) is 24.0 Å². The minimum atomic E-state index is -1.45. The van der Waals surface area contributed by atoms with Gasteiger partial charge in [0.2, 0.25) is 29.5 Å². The summed E-state index contributed by atoms with van der Waals surface area (Å²) in [6.45, 7) is 0.956. The number of aliphatic hydroxyl groups is 1. The van der Waals surface area contributed by atoms with Crippen molar-refractivity contribution in [1.82, 2.24) is 16.0 Å². The third kappa shape index (κ3) is 10.4. The molecule has 0 heterocycles. The summed E-state index contributed by atoms with van der Waals surface area (Å²) in [7, 11) is 0. The summed E-state index contributed by atoms with van der Waals surface area (Å²) >= 11 is 0. The number of carbonyl (C=O) groups is 5. The highest BCUT2D eigenvalue weighted by Gasteiger charge is 2.29. The van der Waals surface area contributed by atoms with Gasteiger partial charge in [0.05, 0.1) is 19.1 Å². The second kappa shape index (κ2) is 13.4. The lowest BCUT2D eigenvalue weighted by Gasteiger charge is -2.23. The third-order valence-electron chi connectivity index (χ3n) is 3.95. The van der Waals surface area contributed by atoms with E-state index in [9.17, 15) is 29.1 Å². The van der Waals surface area contributed by atoms with Crippen LogP contribution in [-0.4, -0.2) is 72.0 Å². The van der Waals surface area contributed by atoms with Crippen LogP contribution in [0.2, 0.25) is 0 Å². The van der Waals surface area contributed by atoms with Gasteiger partial charge in [0.15, 0.2) is 0 Å². The summed E-state index contributed by atoms with van der Waals surface area (Å²) in [6.07, 6.45) is 1.04. The van der Waals surface area contributed by atoms with Crippen LogP contribution in [0.4, 0.5) is 0 Å². The normalized spacial score (nSPS) is 14.8. The van der Waals surface area contributed by atoms with Crippen molar-refractivity contribution in [3.8, 4) is 0 Å². The summed E-state index contributed by atoms with van der Waals surface area (Å²) < 4.78 is 0. The van der Waals surface area contributed by atoms with Crippen molar-refractivity contribution >= 4 is 29.5 Å². The van der Waals surface area contributed by atoms with E-state index in [-0.39, 0.29) is 0 Å². The van der Waals surface area contributed by atoms with Crippen LogP contribution in [0.15, 0.2) is 0 Å².